The standard InChI is InChI=1S/C14H14N4O2/c1-10-7-12(20-17-10)8-14(19)15-9-11-3-2-6-18-13(11)4-5-16-18/h2-7H,8-9H2,1H3,(H,15,19). The first-order chi connectivity index (χ1) is 9.72. The molecule has 3 aromatic rings. The molecule has 0 saturated carbocycles. The summed E-state index contributed by atoms with van der Waals surface area (Å²) >= 11 is 0. The summed E-state index contributed by atoms with van der Waals surface area (Å²) in [5, 5.41) is 10.8. The summed E-state index contributed by atoms with van der Waals surface area (Å²) in [5.41, 5.74) is 2.78. The fourth-order valence-corrected chi connectivity index (χ4v) is 2.08. The van der Waals surface area contributed by atoms with E-state index in [1.807, 2.05) is 31.3 Å². The van der Waals surface area contributed by atoms with Gasteiger partial charge < -0.3 is 9.84 Å². The number of hydrogen-bond donors (Lipinski definition) is 1. The highest BCUT2D eigenvalue weighted by molar-refractivity contribution is 5.78. The van der Waals surface area contributed by atoms with Gasteiger partial charge in [-0.15, -0.1) is 0 Å². The van der Waals surface area contributed by atoms with Gasteiger partial charge in [-0.1, -0.05) is 11.2 Å². The molecule has 102 valence electrons. The molecule has 0 aromatic carbocycles. The summed E-state index contributed by atoms with van der Waals surface area (Å²) in [5.74, 6) is 0.477. The van der Waals surface area contributed by atoms with Crippen LogP contribution in [-0.2, 0) is 17.8 Å². The molecule has 0 saturated heterocycles. The zero-order chi connectivity index (χ0) is 13.9. The summed E-state index contributed by atoms with van der Waals surface area (Å²) < 4.78 is 6.80. The molecule has 3 heterocycles. The molecule has 6 nitrogen and oxygen atoms in total. The smallest absolute Gasteiger partial charge is 0.227 e. The summed E-state index contributed by atoms with van der Waals surface area (Å²) in [4.78, 5) is 11.8. The van der Waals surface area contributed by atoms with Gasteiger partial charge in [-0.25, -0.2) is 4.52 Å². The highest BCUT2D eigenvalue weighted by Crippen LogP contribution is 2.09. The van der Waals surface area contributed by atoms with Gasteiger partial charge >= 0.3 is 0 Å². The van der Waals surface area contributed by atoms with Gasteiger partial charge in [0.2, 0.25) is 5.91 Å². The maximum atomic E-state index is 11.8. The summed E-state index contributed by atoms with van der Waals surface area (Å²) in [7, 11) is 0. The zero-order valence-electron chi connectivity index (χ0n) is 11.0. The van der Waals surface area contributed by atoms with Gasteiger partial charge in [0.25, 0.3) is 0 Å². The molecule has 0 atom stereocenters. The second kappa shape index (κ2) is 5.16. The van der Waals surface area contributed by atoms with E-state index in [4.69, 9.17) is 4.52 Å². The van der Waals surface area contributed by atoms with Crippen LogP contribution in [0.3, 0.4) is 0 Å². The number of rotatable bonds is 4. The van der Waals surface area contributed by atoms with Gasteiger partial charge in [0.15, 0.2) is 0 Å². The van der Waals surface area contributed by atoms with Crippen molar-refractivity contribution in [2.24, 2.45) is 0 Å². The van der Waals surface area contributed by atoms with Crippen LogP contribution in [-0.4, -0.2) is 20.7 Å². The molecule has 20 heavy (non-hydrogen) atoms. The number of aryl methyl sites for hydroxylation is 1. The average molecular weight is 270 g/mol. The first kappa shape index (κ1) is 12.4. The van der Waals surface area contributed by atoms with Crippen molar-refractivity contribution in [3.63, 3.8) is 0 Å². The van der Waals surface area contributed by atoms with Crippen LogP contribution in [0, 0.1) is 6.92 Å². The summed E-state index contributed by atoms with van der Waals surface area (Å²) in [6.45, 7) is 2.28. The molecular weight excluding hydrogens is 256 g/mol. The Kier molecular flexibility index (Phi) is 3.20. The van der Waals surface area contributed by atoms with E-state index in [-0.39, 0.29) is 12.3 Å². The highest BCUT2D eigenvalue weighted by Gasteiger charge is 2.09. The number of amides is 1. The number of nitrogens with zero attached hydrogens (tertiary/aromatic N) is 3. The first-order valence-electron chi connectivity index (χ1n) is 6.32. The molecule has 0 aliphatic carbocycles. The van der Waals surface area contributed by atoms with Crippen molar-refractivity contribution in [1.29, 1.82) is 0 Å². The molecule has 0 bridgehead atoms. The first-order valence-corrected chi connectivity index (χ1v) is 6.32. The lowest BCUT2D eigenvalue weighted by Gasteiger charge is -2.05. The van der Waals surface area contributed by atoms with Crippen LogP contribution in [0.1, 0.15) is 17.0 Å². The van der Waals surface area contributed by atoms with Crippen LogP contribution >= 0.6 is 0 Å². The number of hydrogen-bond acceptors (Lipinski definition) is 4. The minimum absolute atomic E-state index is 0.0948. The number of carbonyl (C=O) groups is 1. The van der Waals surface area contributed by atoms with Gasteiger partial charge in [0, 0.05) is 25.0 Å². The van der Waals surface area contributed by atoms with E-state index >= 15 is 0 Å². The van der Waals surface area contributed by atoms with Crippen LogP contribution < -0.4 is 5.32 Å². The van der Waals surface area contributed by atoms with E-state index in [2.05, 4.69) is 15.6 Å². The highest BCUT2D eigenvalue weighted by atomic mass is 16.5. The van der Waals surface area contributed by atoms with E-state index in [1.165, 1.54) is 0 Å². The van der Waals surface area contributed by atoms with Crippen molar-refractivity contribution in [2.45, 2.75) is 19.9 Å². The normalized spacial score (nSPS) is 10.8. The zero-order valence-corrected chi connectivity index (χ0v) is 11.0. The quantitative estimate of drug-likeness (QED) is 0.779. The lowest BCUT2D eigenvalue weighted by Crippen LogP contribution is -2.24. The van der Waals surface area contributed by atoms with E-state index in [0.717, 1.165) is 16.8 Å². The number of carbonyl (C=O) groups excluding carboxylic acids is 1. The molecule has 1 N–H and O–H groups in total. The van der Waals surface area contributed by atoms with E-state index in [0.29, 0.717) is 12.3 Å². The third kappa shape index (κ3) is 2.54. The Morgan fingerprint density at radius 3 is 3.15 bits per heavy atom. The van der Waals surface area contributed by atoms with Gasteiger partial charge in [-0.3, -0.25) is 4.79 Å². The fourth-order valence-electron chi connectivity index (χ4n) is 2.08. The van der Waals surface area contributed by atoms with Crippen molar-refractivity contribution in [2.75, 3.05) is 0 Å². The molecule has 0 aliphatic rings. The van der Waals surface area contributed by atoms with Crippen LogP contribution in [0.4, 0.5) is 0 Å². The molecular formula is C14H14N4O2. The second-order valence-corrected chi connectivity index (χ2v) is 4.58. The monoisotopic (exact) mass is 270 g/mol. The Balaban J connectivity index is 1.64. The van der Waals surface area contributed by atoms with Crippen LogP contribution in [0.2, 0.25) is 0 Å². The predicted octanol–water partition coefficient (Wildman–Crippen LogP) is 1.49. The van der Waals surface area contributed by atoms with E-state index in [9.17, 15) is 4.79 Å². The van der Waals surface area contributed by atoms with E-state index < -0.39 is 0 Å². The topological polar surface area (TPSA) is 72.4 Å². The fraction of sp³-hybridized carbons (Fsp3) is 0.214. The lowest BCUT2D eigenvalue weighted by atomic mass is 10.2. The van der Waals surface area contributed by atoms with Crippen molar-refractivity contribution in [1.82, 2.24) is 20.1 Å². The maximum Gasteiger partial charge on any atom is 0.227 e. The third-order valence-corrected chi connectivity index (χ3v) is 3.01. The Morgan fingerprint density at radius 2 is 2.35 bits per heavy atom. The van der Waals surface area contributed by atoms with Crippen molar-refractivity contribution in [3.05, 3.63) is 53.7 Å². The number of nitrogens with one attached hydrogen (secondary N) is 1. The molecule has 0 radical (unpaired) electrons. The van der Waals surface area contributed by atoms with E-state index in [1.54, 1.807) is 16.8 Å². The number of fused-ring (bicyclic) bond motifs is 1. The third-order valence-electron chi connectivity index (χ3n) is 3.01. The Hall–Kier alpha value is -2.63. The minimum Gasteiger partial charge on any atom is -0.361 e. The van der Waals surface area contributed by atoms with Crippen LogP contribution in [0.15, 0.2) is 41.2 Å². The van der Waals surface area contributed by atoms with Gasteiger partial charge in [-0.05, 0) is 24.6 Å². The average Bonchev–Trinajstić information content (AvgIpc) is 3.05. The molecule has 1 amide bonds. The van der Waals surface area contributed by atoms with Crippen molar-refractivity contribution >= 4 is 11.4 Å². The van der Waals surface area contributed by atoms with Crippen molar-refractivity contribution < 1.29 is 9.32 Å². The van der Waals surface area contributed by atoms with Crippen LogP contribution in [0.5, 0.6) is 0 Å². The number of pyridine rings is 1. The second-order valence-electron chi connectivity index (χ2n) is 4.58. The number of aromatic nitrogens is 3. The van der Waals surface area contributed by atoms with Gasteiger partial charge in [0.1, 0.15) is 5.76 Å². The SMILES string of the molecule is Cc1cc(CC(=O)NCc2cccn3nccc23)on1. The molecule has 3 aromatic heterocycles. The molecule has 6 heteroatoms. The lowest BCUT2D eigenvalue weighted by molar-refractivity contribution is -0.120. The largest absolute Gasteiger partial charge is 0.361 e. The maximum absolute atomic E-state index is 11.8. The summed E-state index contributed by atoms with van der Waals surface area (Å²) in [6, 6.07) is 7.55. The minimum atomic E-state index is -0.0948. The summed E-state index contributed by atoms with van der Waals surface area (Å²) in [6.07, 6.45) is 3.80. The predicted molar refractivity (Wildman–Crippen MR) is 72.0 cm³/mol. The Bertz CT molecular complexity index is 744. The van der Waals surface area contributed by atoms with Gasteiger partial charge in [0.05, 0.1) is 17.6 Å². The van der Waals surface area contributed by atoms with Crippen molar-refractivity contribution in [3.8, 4) is 0 Å². The molecule has 0 aliphatic heterocycles. The molecule has 0 spiro atoms. The van der Waals surface area contributed by atoms with Crippen LogP contribution in [0.25, 0.3) is 5.52 Å². The van der Waals surface area contributed by atoms with Gasteiger partial charge in [-0.2, -0.15) is 5.10 Å². The molecule has 0 unspecified atom stereocenters. The Morgan fingerprint density at radius 1 is 1.45 bits per heavy atom. The molecule has 3 rings (SSSR count). The molecule has 0 fully saturated rings. The Labute approximate surface area is 115 Å².